The molecule has 2 saturated heterocycles. The third-order valence-electron chi connectivity index (χ3n) is 6.71. The van der Waals surface area contributed by atoms with Crippen molar-refractivity contribution in [2.45, 2.75) is 57.7 Å². The molecule has 2 atom stereocenters. The fourth-order valence-corrected chi connectivity index (χ4v) is 4.96. The van der Waals surface area contributed by atoms with Gasteiger partial charge in [0.25, 0.3) is 0 Å². The number of allylic oxidation sites excluding steroid dienone is 1. The number of carbonyl (C=O) groups is 2. The Labute approximate surface area is 190 Å². The van der Waals surface area contributed by atoms with Gasteiger partial charge in [-0.2, -0.15) is 0 Å². The van der Waals surface area contributed by atoms with Crippen LogP contribution < -0.4 is 4.74 Å². The van der Waals surface area contributed by atoms with E-state index < -0.39 is 11.6 Å². The molecule has 0 aromatic heterocycles. The van der Waals surface area contributed by atoms with Gasteiger partial charge in [0.05, 0.1) is 7.11 Å². The van der Waals surface area contributed by atoms with Gasteiger partial charge in [0.1, 0.15) is 17.3 Å². The summed E-state index contributed by atoms with van der Waals surface area (Å²) in [6.07, 6.45) is 4.79. The van der Waals surface area contributed by atoms with Gasteiger partial charge in [0, 0.05) is 19.5 Å². The molecule has 2 amide bonds. The number of hydrogen-bond acceptors (Lipinski definition) is 3. The Morgan fingerprint density at radius 1 is 1.06 bits per heavy atom. The monoisotopic (exact) mass is 432 g/mol. The molecular formula is C27H32N2O3. The fourth-order valence-electron chi connectivity index (χ4n) is 4.96. The minimum absolute atomic E-state index is 0.0709. The molecule has 5 heteroatoms. The normalized spacial score (nSPS) is 22.7. The van der Waals surface area contributed by atoms with Crippen molar-refractivity contribution in [1.82, 2.24) is 9.80 Å². The predicted octanol–water partition coefficient (Wildman–Crippen LogP) is 4.37. The second-order valence-electron chi connectivity index (χ2n) is 9.10. The van der Waals surface area contributed by atoms with Crippen LogP contribution in [0.3, 0.4) is 0 Å². The van der Waals surface area contributed by atoms with E-state index in [1.165, 1.54) is 5.57 Å². The van der Waals surface area contributed by atoms with Gasteiger partial charge in [0.15, 0.2) is 0 Å². The van der Waals surface area contributed by atoms with Crippen LogP contribution >= 0.6 is 0 Å². The van der Waals surface area contributed by atoms with Gasteiger partial charge in [-0.05, 0) is 56.4 Å². The SMILES string of the molecule is COc1ccc(CN2C(=O)[C@]3(CC=C(C)C)CCCN3C(=O)[C@@H]2Cc2ccccc2)cc1. The molecule has 2 aliphatic rings. The van der Waals surface area contributed by atoms with Crippen molar-refractivity contribution in [2.75, 3.05) is 13.7 Å². The third kappa shape index (κ3) is 4.16. The quantitative estimate of drug-likeness (QED) is 0.611. The molecule has 2 aromatic rings. The molecule has 0 spiro atoms. The van der Waals surface area contributed by atoms with Gasteiger partial charge in [-0.1, -0.05) is 54.1 Å². The van der Waals surface area contributed by atoms with E-state index in [4.69, 9.17) is 4.74 Å². The number of nitrogens with zero attached hydrogens (tertiary/aromatic N) is 2. The number of carbonyl (C=O) groups excluding carboxylic acids is 2. The number of methoxy groups -OCH3 is 1. The molecule has 2 aliphatic heterocycles. The molecule has 0 saturated carbocycles. The second kappa shape index (κ2) is 9.19. The summed E-state index contributed by atoms with van der Waals surface area (Å²) < 4.78 is 5.28. The maximum Gasteiger partial charge on any atom is 0.249 e. The third-order valence-corrected chi connectivity index (χ3v) is 6.71. The molecule has 2 aromatic carbocycles. The smallest absolute Gasteiger partial charge is 0.249 e. The molecule has 168 valence electrons. The van der Waals surface area contributed by atoms with Crippen LogP contribution in [0.25, 0.3) is 0 Å². The highest BCUT2D eigenvalue weighted by Crippen LogP contribution is 2.41. The average Bonchev–Trinajstić information content (AvgIpc) is 3.25. The van der Waals surface area contributed by atoms with Crippen LogP contribution in [0.1, 0.15) is 44.2 Å². The summed E-state index contributed by atoms with van der Waals surface area (Å²) in [5.41, 5.74) is 2.47. The maximum absolute atomic E-state index is 14.1. The number of ether oxygens (including phenoxy) is 1. The largest absolute Gasteiger partial charge is 0.497 e. The Bertz CT molecular complexity index is 995. The van der Waals surface area contributed by atoms with E-state index in [9.17, 15) is 9.59 Å². The Hall–Kier alpha value is -3.08. The van der Waals surface area contributed by atoms with Crippen LogP contribution in [0.15, 0.2) is 66.2 Å². The van der Waals surface area contributed by atoms with E-state index >= 15 is 0 Å². The molecule has 2 heterocycles. The lowest BCUT2D eigenvalue weighted by atomic mass is 9.84. The summed E-state index contributed by atoms with van der Waals surface area (Å²) in [5.74, 6) is 0.920. The fraction of sp³-hybridized carbons (Fsp3) is 0.407. The zero-order valence-corrected chi connectivity index (χ0v) is 19.2. The topological polar surface area (TPSA) is 49.9 Å². The number of hydrogen-bond donors (Lipinski definition) is 0. The first kappa shape index (κ1) is 22.1. The van der Waals surface area contributed by atoms with Gasteiger partial charge < -0.3 is 14.5 Å². The minimum Gasteiger partial charge on any atom is -0.497 e. The molecule has 2 fully saturated rings. The zero-order chi connectivity index (χ0) is 22.7. The predicted molar refractivity (Wildman–Crippen MR) is 125 cm³/mol. The first-order valence-electron chi connectivity index (χ1n) is 11.4. The minimum atomic E-state index is -0.756. The summed E-state index contributed by atoms with van der Waals surface area (Å²) in [5, 5.41) is 0. The van der Waals surface area contributed by atoms with Gasteiger partial charge in [-0.25, -0.2) is 0 Å². The highest BCUT2D eigenvalue weighted by Gasteiger charge is 2.57. The van der Waals surface area contributed by atoms with Crippen molar-refractivity contribution in [2.24, 2.45) is 0 Å². The molecule has 32 heavy (non-hydrogen) atoms. The van der Waals surface area contributed by atoms with Crippen molar-refractivity contribution >= 4 is 11.8 Å². The number of benzene rings is 2. The Balaban J connectivity index is 1.71. The Morgan fingerprint density at radius 3 is 2.44 bits per heavy atom. The molecule has 0 N–H and O–H groups in total. The van der Waals surface area contributed by atoms with E-state index in [0.29, 0.717) is 25.9 Å². The van der Waals surface area contributed by atoms with E-state index in [2.05, 4.69) is 6.08 Å². The molecular weight excluding hydrogens is 400 g/mol. The van der Waals surface area contributed by atoms with Crippen LogP contribution in [-0.2, 0) is 22.6 Å². The highest BCUT2D eigenvalue weighted by molar-refractivity contribution is 6.00. The van der Waals surface area contributed by atoms with Crippen molar-refractivity contribution in [3.63, 3.8) is 0 Å². The van der Waals surface area contributed by atoms with Gasteiger partial charge in [-0.3, -0.25) is 9.59 Å². The summed E-state index contributed by atoms with van der Waals surface area (Å²) in [6, 6.07) is 17.2. The Morgan fingerprint density at radius 2 is 1.78 bits per heavy atom. The maximum atomic E-state index is 14.1. The Kier molecular flexibility index (Phi) is 6.35. The van der Waals surface area contributed by atoms with Crippen LogP contribution in [0.5, 0.6) is 5.75 Å². The van der Waals surface area contributed by atoms with Gasteiger partial charge in [0.2, 0.25) is 11.8 Å². The highest BCUT2D eigenvalue weighted by atomic mass is 16.5. The van der Waals surface area contributed by atoms with E-state index in [-0.39, 0.29) is 11.8 Å². The second-order valence-corrected chi connectivity index (χ2v) is 9.10. The standard InChI is InChI=1S/C27H32N2O3/c1-20(2)14-16-27-15-7-17-29(27)25(30)24(18-21-8-5-4-6-9-21)28(26(27)31)19-22-10-12-23(32-3)13-11-22/h4-6,8-14,24H,7,15-19H2,1-3H3/t24-,27+/m0/s1. The zero-order valence-electron chi connectivity index (χ0n) is 19.2. The summed E-state index contributed by atoms with van der Waals surface area (Å²) in [6.45, 7) is 5.15. The van der Waals surface area contributed by atoms with Crippen molar-refractivity contribution in [3.05, 3.63) is 77.4 Å². The van der Waals surface area contributed by atoms with E-state index in [1.807, 2.05) is 78.2 Å². The van der Waals surface area contributed by atoms with E-state index in [1.54, 1.807) is 7.11 Å². The van der Waals surface area contributed by atoms with Crippen LogP contribution in [0, 0.1) is 0 Å². The number of rotatable bonds is 7. The summed E-state index contributed by atoms with van der Waals surface area (Å²) >= 11 is 0. The van der Waals surface area contributed by atoms with Gasteiger partial charge in [-0.15, -0.1) is 0 Å². The molecule has 4 rings (SSSR count). The van der Waals surface area contributed by atoms with Crippen LogP contribution in [0.2, 0.25) is 0 Å². The molecule has 0 bridgehead atoms. The lowest BCUT2D eigenvalue weighted by Gasteiger charge is -2.49. The molecule has 0 unspecified atom stereocenters. The molecule has 0 radical (unpaired) electrons. The number of piperazine rings is 1. The lowest BCUT2D eigenvalue weighted by Crippen LogP contribution is -2.69. The summed E-state index contributed by atoms with van der Waals surface area (Å²) in [4.78, 5) is 31.6. The molecule has 5 nitrogen and oxygen atoms in total. The number of amides is 2. The summed E-state index contributed by atoms with van der Waals surface area (Å²) in [7, 11) is 1.64. The first-order valence-corrected chi connectivity index (χ1v) is 11.4. The van der Waals surface area contributed by atoms with Crippen LogP contribution in [0.4, 0.5) is 0 Å². The van der Waals surface area contributed by atoms with Crippen molar-refractivity contribution in [1.29, 1.82) is 0 Å². The lowest BCUT2D eigenvalue weighted by molar-refractivity contribution is -0.168. The first-order chi connectivity index (χ1) is 15.4. The van der Waals surface area contributed by atoms with Crippen molar-refractivity contribution in [3.8, 4) is 5.75 Å². The van der Waals surface area contributed by atoms with Crippen LogP contribution in [-0.4, -0.2) is 46.8 Å². The number of fused-ring (bicyclic) bond motifs is 1. The van der Waals surface area contributed by atoms with Gasteiger partial charge >= 0.3 is 0 Å². The molecule has 0 aliphatic carbocycles. The average molecular weight is 433 g/mol. The van der Waals surface area contributed by atoms with E-state index in [0.717, 1.165) is 29.7 Å². The van der Waals surface area contributed by atoms with Crippen molar-refractivity contribution < 1.29 is 14.3 Å².